The Morgan fingerprint density at radius 1 is 1.33 bits per heavy atom. The molecule has 5 heteroatoms. The number of carbonyl (C=O) groups excluding carboxylic acids is 1. The molecule has 0 atom stereocenters. The van der Waals surface area contributed by atoms with Crippen LogP contribution in [0.4, 0.5) is 11.5 Å². The van der Waals surface area contributed by atoms with Gasteiger partial charge < -0.3 is 10.6 Å². The number of hydrogen-bond donors (Lipinski definition) is 1. The molecule has 0 spiro atoms. The van der Waals surface area contributed by atoms with Gasteiger partial charge in [0.05, 0.1) is 10.6 Å². The summed E-state index contributed by atoms with van der Waals surface area (Å²) in [5.41, 5.74) is 6.71. The van der Waals surface area contributed by atoms with Gasteiger partial charge in [-0.25, -0.2) is 4.98 Å². The number of hydrogen-bond acceptors (Lipinski definition) is 3. The Morgan fingerprint density at radius 2 is 2.00 bits per heavy atom. The van der Waals surface area contributed by atoms with Crippen LogP contribution in [0.5, 0.6) is 0 Å². The Morgan fingerprint density at radius 3 is 2.61 bits per heavy atom. The highest BCUT2D eigenvalue weighted by molar-refractivity contribution is 6.33. The van der Waals surface area contributed by atoms with E-state index in [1.165, 1.54) is 17.2 Å². The minimum absolute atomic E-state index is 0.185. The SMILES string of the molecule is CN(C(=O)c1cnc(N)c(Cl)c1)c1ccccc1. The summed E-state index contributed by atoms with van der Waals surface area (Å²) in [6.07, 6.45) is 1.42. The van der Waals surface area contributed by atoms with E-state index in [2.05, 4.69) is 4.98 Å². The average molecular weight is 262 g/mol. The molecule has 92 valence electrons. The predicted molar refractivity (Wildman–Crippen MR) is 72.8 cm³/mol. The van der Waals surface area contributed by atoms with Crippen LogP contribution in [0.1, 0.15) is 10.4 Å². The molecule has 2 aromatic rings. The molecule has 0 aliphatic heterocycles. The Bertz CT molecular complexity index is 572. The van der Waals surface area contributed by atoms with E-state index in [4.69, 9.17) is 17.3 Å². The summed E-state index contributed by atoms with van der Waals surface area (Å²) in [4.78, 5) is 17.6. The van der Waals surface area contributed by atoms with Crippen LogP contribution in [0.15, 0.2) is 42.6 Å². The Balaban J connectivity index is 2.29. The van der Waals surface area contributed by atoms with Gasteiger partial charge in [-0.15, -0.1) is 0 Å². The molecular weight excluding hydrogens is 250 g/mol. The smallest absolute Gasteiger partial charge is 0.259 e. The molecule has 0 saturated carbocycles. The van der Waals surface area contributed by atoms with Crippen LogP contribution < -0.4 is 10.6 Å². The minimum Gasteiger partial charge on any atom is -0.382 e. The fourth-order valence-electron chi connectivity index (χ4n) is 1.53. The van der Waals surface area contributed by atoms with E-state index in [1.807, 2.05) is 30.3 Å². The van der Waals surface area contributed by atoms with Crippen molar-refractivity contribution in [2.45, 2.75) is 0 Å². The molecule has 2 N–H and O–H groups in total. The Kier molecular flexibility index (Phi) is 3.48. The molecule has 2 rings (SSSR count). The van der Waals surface area contributed by atoms with Gasteiger partial charge in [-0.2, -0.15) is 0 Å². The van der Waals surface area contributed by atoms with Gasteiger partial charge >= 0.3 is 0 Å². The second kappa shape index (κ2) is 5.06. The molecule has 1 amide bonds. The predicted octanol–water partition coefficient (Wildman–Crippen LogP) is 2.59. The first kappa shape index (κ1) is 12.4. The van der Waals surface area contributed by atoms with Gasteiger partial charge in [0.1, 0.15) is 5.82 Å². The molecule has 0 aliphatic rings. The number of halogens is 1. The molecule has 1 heterocycles. The van der Waals surface area contributed by atoms with Crippen molar-refractivity contribution in [2.24, 2.45) is 0 Å². The highest BCUT2D eigenvalue weighted by Gasteiger charge is 2.14. The Labute approximate surface area is 110 Å². The van der Waals surface area contributed by atoms with Crippen molar-refractivity contribution in [3.63, 3.8) is 0 Å². The van der Waals surface area contributed by atoms with Crippen molar-refractivity contribution in [3.8, 4) is 0 Å². The number of nitrogen functional groups attached to an aromatic ring is 1. The van der Waals surface area contributed by atoms with Gasteiger partial charge in [-0.1, -0.05) is 29.8 Å². The highest BCUT2D eigenvalue weighted by atomic mass is 35.5. The molecule has 1 aromatic carbocycles. The maximum atomic E-state index is 12.2. The number of aromatic nitrogens is 1. The molecule has 0 unspecified atom stereocenters. The summed E-state index contributed by atoms with van der Waals surface area (Å²) in [5, 5.41) is 0.280. The first-order valence-electron chi connectivity index (χ1n) is 5.33. The van der Waals surface area contributed by atoms with Crippen LogP contribution in [0, 0.1) is 0 Å². The molecule has 18 heavy (non-hydrogen) atoms. The number of amides is 1. The van der Waals surface area contributed by atoms with Crippen LogP contribution >= 0.6 is 11.6 Å². The van der Waals surface area contributed by atoms with E-state index in [-0.39, 0.29) is 16.7 Å². The van der Waals surface area contributed by atoms with Crippen LogP contribution in [-0.2, 0) is 0 Å². The van der Waals surface area contributed by atoms with Gasteiger partial charge in [-0.3, -0.25) is 4.79 Å². The monoisotopic (exact) mass is 261 g/mol. The van der Waals surface area contributed by atoms with Crippen LogP contribution in [0.2, 0.25) is 5.02 Å². The molecular formula is C13H12ClN3O. The zero-order chi connectivity index (χ0) is 13.1. The summed E-state index contributed by atoms with van der Waals surface area (Å²) in [5.74, 6) is 0.0335. The van der Waals surface area contributed by atoms with Gasteiger partial charge in [0.25, 0.3) is 5.91 Å². The van der Waals surface area contributed by atoms with Crippen molar-refractivity contribution in [3.05, 3.63) is 53.2 Å². The lowest BCUT2D eigenvalue weighted by Crippen LogP contribution is -2.26. The zero-order valence-corrected chi connectivity index (χ0v) is 10.6. The van der Waals surface area contributed by atoms with E-state index in [9.17, 15) is 4.79 Å². The van der Waals surface area contributed by atoms with Crippen molar-refractivity contribution in [1.82, 2.24) is 4.98 Å². The first-order valence-corrected chi connectivity index (χ1v) is 5.71. The van der Waals surface area contributed by atoms with E-state index >= 15 is 0 Å². The van der Waals surface area contributed by atoms with E-state index in [0.29, 0.717) is 5.56 Å². The van der Waals surface area contributed by atoms with Crippen molar-refractivity contribution >= 4 is 29.0 Å². The maximum absolute atomic E-state index is 12.2. The average Bonchev–Trinajstić information content (AvgIpc) is 2.41. The van der Waals surface area contributed by atoms with E-state index in [1.54, 1.807) is 7.05 Å². The summed E-state index contributed by atoms with van der Waals surface area (Å²) >= 11 is 5.85. The lowest BCUT2D eigenvalue weighted by molar-refractivity contribution is 0.0992. The third-order valence-electron chi connectivity index (χ3n) is 2.56. The van der Waals surface area contributed by atoms with Crippen LogP contribution in [0.3, 0.4) is 0 Å². The number of rotatable bonds is 2. The fourth-order valence-corrected chi connectivity index (χ4v) is 1.69. The molecule has 0 aliphatic carbocycles. The van der Waals surface area contributed by atoms with E-state index < -0.39 is 0 Å². The number of nitrogens with zero attached hydrogens (tertiary/aromatic N) is 2. The summed E-state index contributed by atoms with van der Waals surface area (Å²) < 4.78 is 0. The fraction of sp³-hybridized carbons (Fsp3) is 0.0769. The molecule has 1 aromatic heterocycles. The molecule has 0 bridgehead atoms. The first-order chi connectivity index (χ1) is 8.59. The number of para-hydroxylation sites is 1. The summed E-state index contributed by atoms with van der Waals surface area (Å²) in [7, 11) is 1.70. The van der Waals surface area contributed by atoms with Crippen LogP contribution in [0.25, 0.3) is 0 Å². The second-order valence-electron chi connectivity index (χ2n) is 3.79. The van der Waals surface area contributed by atoms with Gasteiger partial charge in [-0.05, 0) is 18.2 Å². The number of carbonyl (C=O) groups is 1. The topological polar surface area (TPSA) is 59.2 Å². The standard InChI is InChI=1S/C13H12ClN3O/c1-17(10-5-3-2-4-6-10)13(18)9-7-11(14)12(15)16-8-9/h2-8H,1H3,(H2,15,16). The number of pyridine rings is 1. The largest absolute Gasteiger partial charge is 0.382 e. The maximum Gasteiger partial charge on any atom is 0.259 e. The van der Waals surface area contributed by atoms with Gasteiger partial charge in [0, 0.05) is 18.9 Å². The molecule has 4 nitrogen and oxygen atoms in total. The van der Waals surface area contributed by atoms with Crippen molar-refractivity contribution in [1.29, 1.82) is 0 Å². The van der Waals surface area contributed by atoms with Crippen LogP contribution in [-0.4, -0.2) is 17.9 Å². The third-order valence-corrected chi connectivity index (χ3v) is 2.87. The van der Waals surface area contributed by atoms with Gasteiger partial charge in [0.2, 0.25) is 0 Å². The van der Waals surface area contributed by atoms with Crippen molar-refractivity contribution < 1.29 is 4.79 Å². The summed E-state index contributed by atoms with van der Waals surface area (Å²) in [6.45, 7) is 0. The normalized spacial score (nSPS) is 10.1. The lowest BCUT2D eigenvalue weighted by Gasteiger charge is -2.17. The molecule has 0 radical (unpaired) electrons. The van der Waals surface area contributed by atoms with E-state index in [0.717, 1.165) is 5.69 Å². The molecule has 0 saturated heterocycles. The van der Waals surface area contributed by atoms with Crippen molar-refractivity contribution in [2.75, 3.05) is 17.7 Å². The Hall–Kier alpha value is -2.07. The lowest BCUT2D eigenvalue weighted by atomic mass is 10.2. The zero-order valence-electron chi connectivity index (χ0n) is 9.80. The number of anilines is 2. The quantitative estimate of drug-likeness (QED) is 0.904. The number of nitrogens with two attached hydrogens (primary N) is 1. The molecule has 0 fully saturated rings. The highest BCUT2D eigenvalue weighted by Crippen LogP contribution is 2.19. The minimum atomic E-state index is -0.185. The second-order valence-corrected chi connectivity index (χ2v) is 4.20. The third kappa shape index (κ3) is 2.43. The van der Waals surface area contributed by atoms with Gasteiger partial charge in [0.15, 0.2) is 0 Å². The number of benzene rings is 1. The summed E-state index contributed by atoms with van der Waals surface area (Å²) in [6, 6.07) is 10.9.